The molecule has 1 aromatic heterocycles. The highest BCUT2D eigenvalue weighted by molar-refractivity contribution is 5.93. The highest BCUT2D eigenvalue weighted by Gasteiger charge is 2.23. The third kappa shape index (κ3) is 4.61. The lowest BCUT2D eigenvalue weighted by molar-refractivity contribution is 0.0924. The Morgan fingerprint density at radius 3 is 2.50 bits per heavy atom. The number of carbonyl (C=O) groups excluding carboxylic acids is 1. The van der Waals surface area contributed by atoms with Gasteiger partial charge in [0.15, 0.2) is 0 Å². The van der Waals surface area contributed by atoms with E-state index in [-0.39, 0.29) is 11.9 Å². The van der Waals surface area contributed by atoms with Crippen LogP contribution in [-0.2, 0) is 0 Å². The average molecular weight is 352 g/mol. The van der Waals surface area contributed by atoms with Crippen molar-refractivity contribution < 1.29 is 4.79 Å². The third-order valence-electron chi connectivity index (χ3n) is 5.01. The highest BCUT2D eigenvalue weighted by Crippen LogP contribution is 2.26. The fraction of sp³-hybridized carbons (Fsp3) is 0.429. The number of hydrogen-bond acceptors (Lipinski definition) is 4. The van der Waals surface area contributed by atoms with Gasteiger partial charge in [-0.25, -0.2) is 0 Å². The van der Waals surface area contributed by atoms with Crippen LogP contribution in [0.1, 0.15) is 41.2 Å². The molecule has 1 N–H and O–H groups in total. The van der Waals surface area contributed by atoms with Gasteiger partial charge in [-0.3, -0.25) is 14.7 Å². The molecule has 1 fully saturated rings. The maximum atomic E-state index is 12.4. The highest BCUT2D eigenvalue weighted by atomic mass is 16.1. The summed E-state index contributed by atoms with van der Waals surface area (Å²) in [4.78, 5) is 21.1. The fourth-order valence-corrected chi connectivity index (χ4v) is 3.47. The maximum absolute atomic E-state index is 12.4. The Balaban J connectivity index is 1.73. The summed E-state index contributed by atoms with van der Waals surface area (Å²) in [5.41, 5.74) is 3.04. The van der Waals surface area contributed by atoms with Crippen molar-refractivity contribution in [2.75, 3.05) is 38.6 Å². The third-order valence-corrected chi connectivity index (χ3v) is 5.01. The van der Waals surface area contributed by atoms with Crippen molar-refractivity contribution in [2.24, 2.45) is 0 Å². The first kappa shape index (κ1) is 18.4. The van der Waals surface area contributed by atoms with Gasteiger partial charge in [-0.05, 0) is 55.8 Å². The van der Waals surface area contributed by atoms with E-state index in [2.05, 4.69) is 44.4 Å². The van der Waals surface area contributed by atoms with E-state index in [1.807, 2.05) is 14.1 Å². The Bertz CT molecular complexity index is 694. The lowest BCUT2D eigenvalue weighted by Gasteiger charge is -2.35. The first-order valence-electron chi connectivity index (χ1n) is 9.35. The van der Waals surface area contributed by atoms with Crippen LogP contribution in [-0.4, -0.2) is 49.5 Å². The van der Waals surface area contributed by atoms with Gasteiger partial charge in [-0.15, -0.1) is 0 Å². The smallest absolute Gasteiger partial charge is 0.252 e. The number of likely N-dealkylation sites (tertiary alicyclic amines) is 1. The number of carbonyl (C=O) groups is 1. The molecule has 0 aliphatic carbocycles. The van der Waals surface area contributed by atoms with E-state index in [1.54, 1.807) is 24.5 Å². The Labute approximate surface area is 156 Å². The summed E-state index contributed by atoms with van der Waals surface area (Å²) in [6, 6.07) is 12.5. The number of rotatable bonds is 6. The Hall–Kier alpha value is -2.40. The molecule has 0 bridgehead atoms. The van der Waals surface area contributed by atoms with E-state index in [4.69, 9.17) is 0 Å². The lowest BCUT2D eigenvalue weighted by Crippen LogP contribution is -2.40. The number of amides is 1. The fourth-order valence-electron chi connectivity index (χ4n) is 3.47. The predicted molar refractivity (Wildman–Crippen MR) is 106 cm³/mol. The quantitative estimate of drug-likeness (QED) is 0.868. The molecular weight excluding hydrogens is 324 g/mol. The van der Waals surface area contributed by atoms with Gasteiger partial charge < -0.3 is 10.2 Å². The molecule has 138 valence electrons. The van der Waals surface area contributed by atoms with E-state index in [9.17, 15) is 4.79 Å². The zero-order valence-corrected chi connectivity index (χ0v) is 15.7. The summed E-state index contributed by atoms with van der Waals surface area (Å²) in [6.07, 6.45) is 7.03. The Kier molecular flexibility index (Phi) is 6.23. The minimum Gasteiger partial charge on any atom is -0.378 e. The summed E-state index contributed by atoms with van der Waals surface area (Å²) in [5, 5.41) is 3.10. The number of benzene rings is 1. The van der Waals surface area contributed by atoms with Gasteiger partial charge in [0.05, 0.1) is 11.6 Å². The minimum absolute atomic E-state index is 0.0648. The molecule has 1 aliphatic heterocycles. The molecule has 3 rings (SSSR count). The molecule has 26 heavy (non-hydrogen) atoms. The molecule has 1 amide bonds. The number of hydrogen-bond donors (Lipinski definition) is 1. The van der Waals surface area contributed by atoms with Crippen molar-refractivity contribution in [2.45, 2.75) is 25.3 Å². The van der Waals surface area contributed by atoms with E-state index >= 15 is 0 Å². The zero-order valence-electron chi connectivity index (χ0n) is 15.7. The minimum atomic E-state index is -0.0648. The summed E-state index contributed by atoms with van der Waals surface area (Å²) >= 11 is 0. The summed E-state index contributed by atoms with van der Waals surface area (Å²) in [6.45, 7) is 2.78. The van der Waals surface area contributed by atoms with Gasteiger partial charge in [0.2, 0.25) is 0 Å². The van der Waals surface area contributed by atoms with Crippen LogP contribution in [0.2, 0.25) is 0 Å². The van der Waals surface area contributed by atoms with Crippen molar-refractivity contribution >= 4 is 11.6 Å². The van der Waals surface area contributed by atoms with E-state index in [0.29, 0.717) is 12.1 Å². The van der Waals surface area contributed by atoms with Gasteiger partial charge >= 0.3 is 0 Å². The number of anilines is 1. The molecule has 5 heteroatoms. The molecule has 1 unspecified atom stereocenters. The van der Waals surface area contributed by atoms with Crippen LogP contribution >= 0.6 is 0 Å². The molecule has 1 saturated heterocycles. The molecule has 2 aromatic rings. The largest absolute Gasteiger partial charge is 0.378 e. The van der Waals surface area contributed by atoms with Gasteiger partial charge in [0, 0.05) is 38.7 Å². The number of aromatic nitrogens is 1. The number of nitrogens with one attached hydrogen (secondary N) is 1. The van der Waals surface area contributed by atoms with E-state index in [1.165, 1.54) is 30.5 Å². The Morgan fingerprint density at radius 2 is 1.88 bits per heavy atom. The van der Waals surface area contributed by atoms with Crippen LogP contribution in [0.5, 0.6) is 0 Å². The SMILES string of the molecule is CN(C)c1ccc(C(CNC(=O)c2cccnc2)N2CCCCC2)cc1. The van der Waals surface area contributed by atoms with Crippen molar-refractivity contribution in [1.82, 2.24) is 15.2 Å². The average Bonchev–Trinajstić information content (AvgIpc) is 2.70. The summed E-state index contributed by atoms with van der Waals surface area (Å²) < 4.78 is 0. The monoisotopic (exact) mass is 352 g/mol. The van der Waals surface area contributed by atoms with Gasteiger partial charge in [-0.1, -0.05) is 18.6 Å². The standard InChI is InChI=1S/C21H28N4O/c1-24(2)19-10-8-17(9-11-19)20(25-13-4-3-5-14-25)16-23-21(26)18-7-6-12-22-15-18/h6-12,15,20H,3-5,13-14,16H2,1-2H3,(H,23,26). The maximum Gasteiger partial charge on any atom is 0.252 e. The normalized spacial score (nSPS) is 16.1. The van der Waals surface area contributed by atoms with Gasteiger partial charge in [-0.2, -0.15) is 0 Å². The molecule has 0 radical (unpaired) electrons. The first-order valence-corrected chi connectivity index (χ1v) is 9.35. The molecule has 0 saturated carbocycles. The second kappa shape index (κ2) is 8.81. The molecular formula is C21H28N4O. The van der Waals surface area contributed by atoms with Crippen LogP contribution in [0.4, 0.5) is 5.69 Å². The number of nitrogens with zero attached hydrogens (tertiary/aromatic N) is 3. The molecule has 1 aromatic carbocycles. The van der Waals surface area contributed by atoms with Crippen molar-refractivity contribution in [3.63, 3.8) is 0 Å². The summed E-state index contributed by atoms with van der Waals surface area (Å²) in [5.74, 6) is -0.0648. The van der Waals surface area contributed by atoms with Crippen LogP contribution in [0.15, 0.2) is 48.8 Å². The van der Waals surface area contributed by atoms with Crippen molar-refractivity contribution in [3.8, 4) is 0 Å². The van der Waals surface area contributed by atoms with Gasteiger partial charge in [0.25, 0.3) is 5.91 Å². The van der Waals surface area contributed by atoms with Gasteiger partial charge in [0.1, 0.15) is 0 Å². The van der Waals surface area contributed by atoms with Crippen LogP contribution in [0, 0.1) is 0 Å². The predicted octanol–water partition coefficient (Wildman–Crippen LogP) is 3.10. The van der Waals surface area contributed by atoms with Crippen LogP contribution < -0.4 is 10.2 Å². The number of piperidine rings is 1. The topological polar surface area (TPSA) is 48.5 Å². The molecule has 2 heterocycles. The van der Waals surface area contributed by atoms with Crippen LogP contribution in [0.3, 0.4) is 0 Å². The first-order chi connectivity index (χ1) is 12.6. The Morgan fingerprint density at radius 1 is 1.15 bits per heavy atom. The molecule has 1 aliphatic rings. The molecule has 1 atom stereocenters. The molecule has 0 spiro atoms. The number of pyridine rings is 1. The van der Waals surface area contributed by atoms with Crippen molar-refractivity contribution in [3.05, 3.63) is 59.9 Å². The van der Waals surface area contributed by atoms with Crippen LogP contribution in [0.25, 0.3) is 0 Å². The van der Waals surface area contributed by atoms with E-state index in [0.717, 1.165) is 13.1 Å². The second-order valence-electron chi connectivity index (χ2n) is 7.05. The molecule has 5 nitrogen and oxygen atoms in total. The lowest BCUT2D eigenvalue weighted by atomic mass is 10.0. The zero-order chi connectivity index (χ0) is 18.4. The van der Waals surface area contributed by atoms with E-state index < -0.39 is 0 Å². The van der Waals surface area contributed by atoms with Crippen molar-refractivity contribution in [1.29, 1.82) is 0 Å². The summed E-state index contributed by atoms with van der Waals surface area (Å²) in [7, 11) is 4.09. The second-order valence-corrected chi connectivity index (χ2v) is 7.05.